The number of aliphatic carboxylic acids is 1. The molecule has 1 saturated carbocycles. The molecule has 0 bridgehead atoms. The quantitative estimate of drug-likeness (QED) is 0.615. The van der Waals surface area contributed by atoms with Crippen LogP contribution in [0.5, 0.6) is 0 Å². The van der Waals surface area contributed by atoms with Crippen molar-refractivity contribution >= 4 is 11.9 Å². The Hall–Kier alpha value is -1.10. The summed E-state index contributed by atoms with van der Waals surface area (Å²) in [6, 6.07) is 0. The number of aliphatic hydroxyl groups is 1. The summed E-state index contributed by atoms with van der Waals surface area (Å²) in [7, 11) is 0. The van der Waals surface area contributed by atoms with E-state index in [1.54, 1.807) is 0 Å². The topological polar surface area (TPSA) is 86.6 Å². The van der Waals surface area contributed by atoms with Gasteiger partial charge in [-0.1, -0.05) is 12.8 Å². The summed E-state index contributed by atoms with van der Waals surface area (Å²) in [5.74, 6) is -2.12. The molecule has 0 heterocycles. The molecule has 86 valence electrons. The van der Waals surface area contributed by atoms with Gasteiger partial charge in [0.05, 0.1) is 18.4 Å². The number of hydrogen-bond acceptors (Lipinski definition) is 3. The van der Waals surface area contributed by atoms with Crippen molar-refractivity contribution in [3.05, 3.63) is 0 Å². The molecule has 5 nitrogen and oxygen atoms in total. The fourth-order valence-corrected chi connectivity index (χ4v) is 2.05. The molecule has 15 heavy (non-hydrogen) atoms. The van der Waals surface area contributed by atoms with E-state index < -0.39 is 17.8 Å². The standard InChI is InChI=1S/C10H17NO4/c12-6-5-11-9(13)7-3-1-2-4-8(7)10(14)15/h7-8,12H,1-6H2,(H,11,13)(H,14,15). The first-order valence-corrected chi connectivity index (χ1v) is 5.28. The molecule has 1 amide bonds. The average molecular weight is 215 g/mol. The number of rotatable bonds is 4. The highest BCUT2D eigenvalue weighted by Gasteiger charge is 2.35. The van der Waals surface area contributed by atoms with Gasteiger partial charge in [-0.3, -0.25) is 9.59 Å². The highest BCUT2D eigenvalue weighted by atomic mass is 16.4. The van der Waals surface area contributed by atoms with Crippen molar-refractivity contribution in [2.24, 2.45) is 11.8 Å². The molecule has 1 fully saturated rings. The molecule has 0 spiro atoms. The molecule has 2 unspecified atom stereocenters. The lowest BCUT2D eigenvalue weighted by atomic mass is 9.79. The third-order valence-corrected chi connectivity index (χ3v) is 2.83. The second-order valence-electron chi connectivity index (χ2n) is 3.85. The van der Waals surface area contributed by atoms with Crippen molar-refractivity contribution in [1.82, 2.24) is 5.32 Å². The number of aliphatic hydroxyl groups excluding tert-OH is 1. The SMILES string of the molecule is O=C(O)C1CCCCC1C(=O)NCCO. The lowest BCUT2D eigenvalue weighted by molar-refractivity contribution is -0.148. The first-order valence-electron chi connectivity index (χ1n) is 5.28. The van der Waals surface area contributed by atoms with Gasteiger partial charge >= 0.3 is 5.97 Å². The minimum absolute atomic E-state index is 0.115. The summed E-state index contributed by atoms with van der Waals surface area (Å²) in [6.45, 7) is 0.0812. The van der Waals surface area contributed by atoms with Gasteiger partial charge in [-0.05, 0) is 12.8 Å². The number of hydrogen-bond donors (Lipinski definition) is 3. The van der Waals surface area contributed by atoms with Crippen molar-refractivity contribution in [2.45, 2.75) is 25.7 Å². The zero-order chi connectivity index (χ0) is 11.3. The lowest BCUT2D eigenvalue weighted by Crippen LogP contribution is -2.40. The third-order valence-electron chi connectivity index (χ3n) is 2.83. The van der Waals surface area contributed by atoms with Crippen LogP contribution in [0.1, 0.15) is 25.7 Å². The predicted molar refractivity (Wildman–Crippen MR) is 53.2 cm³/mol. The van der Waals surface area contributed by atoms with Gasteiger partial charge in [0.1, 0.15) is 0 Å². The normalized spacial score (nSPS) is 25.9. The second-order valence-corrected chi connectivity index (χ2v) is 3.85. The van der Waals surface area contributed by atoms with E-state index in [1.807, 2.05) is 0 Å². The molecule has 1 aliphatic carbocycles. The minimum Gasteiger partial charge on any atom is -0.481 e. The number of amides is 1. The number of carbonyl (C=O) groups excluding carboxylic acids is 1. The van der Waals surface area contributed by atoms with Crippen molar-refractivity contribution < 1.29 is 19.8 Å². The van der Waals surface area contributed by atoms with Crippen LogP contribution in [0.25, 0.3) is 0 Å². The van der Waals surface area contributed by atoms with Gasteiger partial charge in [-0.15, -0.1) is 0 Å². The predicted octanol–water partition coefficient (Wildman–Crippen LogP) is -0.0141. The lowest BCUT2D eigenvalue weighted by Gasteiger charge is -2.27. The summed E-state index contributed by atoms with van der Waals surface area (Å²) in [4.78, 5) is 22.5. The van der Waals surface area contributed by atoms with Crippen LogP contribution in [0.15, 0.2) is 0 Å². The van der Waals surface area contributed by atoms with E-state index in [0.29, 0.717) is 12.8 Å². The third kappa shape index (κ3) is 3.20. The van der Waals surface area contributed by atoms with Crippen LogP contribution in [-0.2, 0) is 9.59 Å². The maximum absolute atomic E-state index is 11.6. The van der Waals surface area contributed by atoms with Gasteiger partial charge < -0.3 is 15.5 Å². The number of nitrogens with one attached hydrogen (secondary N) is 1. The summed E-state index contributed by atoms with van der Waals surface area (Å²) >= 11 is 0. The number of carboxylic acids is 1. The van der Waals surface area contributed by atoms with Gasteiger partial charge in [-0.25, -0.2) is 0 Å². The Balaban J connectivity index is 2.55. The minimum atomic E-state index is -0.890. The van der Waals surface area contributed by atoms with Gasteiger partial charge in [-0.2, -0.15) is 0 Å². The monoisotopic (exact) mass is 215 g/mol. The Morgan fingerprint density at radius 1 is 1.20 bits per heavy atom. The summed E-state index contributed by atoms with van der Waals surface area (Å²) in [5.41, 5.74) is 0. The van der Waals surface area contributed by atoms with Crippen molar-refractivity contribution in [3.8, 4) is 0 Å². The largest absolute Gasteiger partial charge is 0.481 e. The van der Waals surface area contributed by atoms with E-state index >= 15 is 0 Å². The number of carboxylic acid groups (broad SMARTS) is 1. The molecule has 3 N–H and O–H groups in total. The van der Waals surface area contributed by atoms with Gasteiger partial charge in [0.2, 0.25) is 5.91 Å². The van der Waals surface area contributed by atoms with E-state index in [9.17, 15) is 9.59 Å². The van der Waals surface area contributed by atoms with Crippen LogP contribution in [-0.4, -0.2) is 35.2 Å². The van der Waals surface area contributed by atoms with Gasteiger partial charge in [0.25, 0.3) is 0 Å². The number of carbonyl (C=O) groups is 2. The summed E-state index contributed by atoms with van der Waals surface area (Å²) < 4.78 is 0. The highest BCUT2D eigenvalue weighted by molar-refractivity contribution is 5.84. The van der Waals surface area contributed by atoms with Crippen LogP contribution < -0.4 is 5.32 Å². The maximum atomic E-state index is 11.6. The van der Waals surface area contributed by atoms with Crippen LogP contribution in [0.4, 0.5) is 0 Å². The van der Waals surface area contributed by atoms with Gasteiger partial charge in [0, 0.05) is 6.54 Å². The van der Waals surface area contributed by atoms with E-state index in [1.165, 1.54) is 0 Å². The summed E-state index contributed by atoms with van der Waals surface area (Å²) in [6.07, 6.45) is 2.99. The fourth-order valence-electron chi connectivity index (χ4n) is 2.05. The maximum Gasteiger partial charge on any atom is 0.307 e. The molecule has 0 aromatic rings. The van der Waals surface area contributed by atoms with Crippen LogP contribution in [0.3, 0.4) is 0 Å². The molecule has 0 aliphatic heterocycles. The molecule has 0 aromatic heterocycles. The zero-order valence-corrected chi connectivity index (χ0v) is 8.61. The van der Waals surface area contributed by atoms with E-state index in [4.69, 9.17) is 10.2 Å². The van der Waals surface area contributed by atoms with E-state index in [0.717, 1.165) is 12.8 Å². The van der Waals surface area contributed by atoms with Gasteiger partial charge in [0.15, 0.2) is 0 Å². The second kappa shape index (κ2) is 5.70. The van der Waals surface area contributed by atoms with E-state index in [2.05, 4.69) is 5.32 Å². The first kappa shape index (κ1) is 12.0. The zero-order valence-electron chi connectivity index (χ0n) is 8.61. The Bertz CT molecular complexity index is 242. The first-order chi connectivity index (χ1) is 7.16. The fraction of sp³-hybridized carbons (Fsp3) is 0.800. The Labute approximate surface area is 88.5 Å². The molecular weight excluding hydrogens is 198 g/mol. The van der Waals surface area contributed by atoms with Crippen molar-refractivity contribution in [2.75, 3.05) is 13.2 Å². The van der Waals surface area contributed by atoms with Crippen LogP contribution in [0.2, 0.25) is 0 Å². The summed E-state index contributed by atoms with van der Waals surface area (Å²) in [5, 5.41) is 20.0. The molecule has 2 atom stereocenters. The molecule has 0 aromatic carbocycles. The Morgan fingerprint density at radius 3 is 2.33 bits per heavy atom. The van der Waals surface area contributed by atoms with Crippen LogP contribution in [0, 0.1) is 11.8 Å². The molecule has 1 aliphatic rings. The molecule has 1 rings (SSSR count). The average Bonchev–Trinajstić information content (AvgIpc) is 2.25. The Morgan fingerprint density at radius 2 is 1.80 bits per heavy atom. The molecule has 0 saturated heterocycles. The smallest absolute Gasteiger partial charge is 0.307 e. The molecule has 5 heteroatoms. The van der Waals surface area contributed by atoms with Crippen molar-refractivity contribution in [3.63, 3.8) is 0 Å². The highest BCUT2D eigenvalue weighted by Crippen LogP contribution is 2.30. The van der Waals surface area contributed by atoms with Crippen molar-refractivity contribution in [1.29, 1.82) is 0 Å². The molecule has 0 radical (unpaired) electrons. The van der Waals surface area contributed by atoms with Crippen LogP contribution >= 0.6 is 0 Å². The molecular formula is C10H17NO4. The Kier molecular flexibility index (Phi) is 4.55. The van der Waals surface area contributed by atoms with E-state index in [-0.39, 0.29) is 19.1 Å².